The molecule has 5 N–H and O–H groups in total. The number of hydrogen-bond acceptors (Lipinski definition) is 6. The lowest BCUT2D eigenvalue weighted by Gasteiger charge is -2.35. The molecular weight excluding hydrogens is 564 g/mol. The Hall–Kier alpha value is -2.53. The summed E-state index contributed by atoms with van der Waals surface area (Å²) < 4.78 is 15.0. The molecule has 0 unspecified atom stereocenters. The van der Waals surface area contributed by atoms with E-state index in [-0.39, 0.29) is 29.8 Å². The molecule has 3 aromatic rings. The Morgan fingerprint density at radius 2 is 2.03 bits per heavy atom. The van der Waals surface area contributed by atoms with Crippen molar-refractivity contribution in [2.45, 2.75) is 48.8 Å². The first-order valence-corrected chi connectivity index (χ1v) is 14.3. The highest BCUT2D eigenvalue weighted by molar-refractivity contribution is 7.09. The van der Waals surface area contributed by atoms with Crippen molar-refractivity contribution in [1.82, 2.24) is 10.6 Å². The van der Waals surface area contributed by atoms with Crippen molar-refractivity contribution in [3.63, 3.8) is 0 Å². The maximum Gasteiger partial charge on any atom is 0.237 e. The second kappa shape index (κ2) is 11.5. The first-order chi connectivity index (χ1) is 18.7. The second-order valence-electron chi connectivity index (χ2n) is 9.90. The monoisotopic (exact) mass is 591 g/mol. The lowest BCUT2D eigenvalue weighted by atomic mass is 9.64. The maximum absolute atomic E-state index is 15.0. The SMILES string of the molecule is O=C(NCC[C@H](O)CO)[C@@H]1N[C@H](CCc2cccs2)[C@]2(C(=O)Nc3cc(Cl)c(F)cc32)[C@H]1c1cccc(Cl)c1. The molecule has 1 saturated heterocycles. The lowest BCUT2D eigenvalue weighted by Crippen LogP contribution is -2.48. The fourth-order valence-electron chi connectivity index (χ4n) is 5.92. The predicted octanol–water partition coefficient (Wildman–Crippen LogP) is 4.00. The van der Waals surface area contributed by atoms with Crippen molar-refractivity contribution >= 4 is 52.0 Å². The van der Waals surface area contributed by atoms with Crippen molar-refractivity contribution in [3.8, 4) is 0 Å². The number of benzene rings is 2. The standard InChI is InChI=1S/C28H28Cl2FN3O4S/c29-16-4-1-3-15(11-16)24-25(26(37)32-9-8-17(36)14-35)34-23(7-6-18-5-2-10-39-18)28(24)19-12-21(31)20(30)13-22(19)33-27(28)38/h1-5,10-13,17,23-25,34-36H,6-9,14H2,(H,32,37)(H,33,38)/t17-,23+,24-,25+,28-/m0/s1. The van der Waals surface area contributed by atoms with Crippen LogP contribution in [0.2, 0.25) is 10.0 Å². The van der Waals surface area contributed by atoms with E-state index in [1.165, 1.54) is 12.1 Å². The summed E-state index contributed by atoms with van der Waals surface area (Å²) in [4.78, 5) is 28.9. The first-order valence-electron chi connectivity index (χ1n) is 12.7. The zero-order chi connectivity index (χ0) is 27.7. The summed E-state index contributed by atoms with van der Waals surface area (Å²) in [5.41, 5.74) is 0.167. The van der Waals surface area contributed by atoms with Gasteiger partial charge in [-0.1, -0.05) is 41.4 Å². The van der Waals surface area contributed by atoms with Gasteiger partial charge in [0.15, 0.2) is 0 Å². The molecule has 7 nitrogen and oxygen atoms in total. The van der Waals surface area contributed by atoms with E-state index in [1.54, 1.807) is 29.5 Å². The topological polar surface area (TPSA) is 111 Å². The highest BCUT2D eigenvalue weighted by atomic mass is 35.5. The Morgan fingerprint density at radius 3 is 2.74 bits per heavy atom. The molecule has 2 aromatic carbocycles. The normalized spacial score (nSPS) is 24.5. The zero-order valence-corrected chi connectivity index (χ0v) is 23.1. The van der Waals surface area contributed by atoms with E-state index in [9.17, 15) is 19.1 Å². The van der Waals surface area contributed by atoms with Crippen molar-refractivity contribution in [3.05, 3.63) is 85.8 Å². The molecule has 0 bridgehead atoms. The number of amides is 2. The van der Waals surface area contributed by atoms with Gasteiger partial charge in [-0.25, -0.2) is 4.39 Å². The smallest absolute Gasteiger partial charge is 0.237 e. The van der Waals surface area contributed by atoms with Crippen LogP contribution in [-0.4, -0.2) is 53.4 Å². The molecular formula is C28H28Cl2FN3O4S. The van der Waals surface area contributed by atoms with E-state index in [4.69, 9.17) is 28.3 Å². The van der Waals surface area contributed by atoms with E-state index in [0.717, 1.165) is 4.88 Å². The summed E-state index contributed by atoms with van der Waals surface area (Å²) in [7, 11) is 0. The Balaban J connectivity index is 1.62. The van der Waals surface area contributed by atoms with Gasteiger partial charge in [-0.3, -0.25) is 9.59 Å². The number of aliphatic hydroxyl groups is 2. The number of halogens is 3. The molecule has 206 valence electrons. The van der Waals surface area contributed by atoms with Crippen LogP contribution in [0.5, 0.6) is 0 Å². The fourth-order valence-corrected chi connectivity index (χ4v) is 7.00. The minimum Gasteiger partial charge on any atom is -0.394 e. The number of aliphatic hydroxyl groups excluding tert-OH is 2. The molecule has 3 heterocycles. The van der Waals surface area contributed by atoms with Gasteiger partial charge in [-0.05, 0) is 66.1 Å². The van der Waals surface area contributed by atoms with Crippen LogP contribution in [0, 0.1) is 5.82 Å². The molecule has 2 amide bonds. The molecule has 1 fully saturated rings. The summed E-state index contributed by atoms with van der Waals surface area (Å²) in [5, 5.41) is 30.3. The Labute approximate surface area is 239 Å². The second-order valence-corrected chi connectivity index (χ2v) is 11.8. The van der Waals surface area contributed by atoms with Gasteiger partial charge in [0, 0.05) is 34.1 Å². The van der Waals surface area contributed by atoms with Gasteiger partial charge < -0.3 is 26.2 Å². The molecule has 2 aliphatic heterocycles. The maximum atomic E-state index is 15.0. The van der Waals surface area contributed by atoms with Crippen LogP contribution in [0.15, 0.2) is 53.9 Å². The molecule has 5 rings (SSSR count). The number of fused-ring (bicyclic) bond motifs is 2. The van der Waals surface area contributed by atoms with Crippen LogP contribution < -0.4 is 16.0 Å². The van der Waals surface area contributed by atoms with Gasteiger partial charge in [0.1, 0.15) is 11.2 Å². The number of carbonyl (C=O) groups is 2. The fraction of sp³-hybridized carbons (Fsp3) is 0.357. The van der Waals surface area contributed by atoms with Gasteiger partial charge in [0.25, 0.3) is 0 Å². The minimum absolute atomic E-state index is 0.108. The van der Waals surface area contributed by atoms with Crippen molar-refractivity contribution in [2.75, 3.05) is 18.5 Å². The summed E-state index contributed by atoms with van der Waals surface area (Å²) in [5.74, 6) is -2.12. The van der Waals surface area contributed by atoms with Crippen molar-refractivity contribution in [2.24, 2.45) is 0 Å². The molecule has 0 aliphatic carbocycles. The number of nitrogens with one attached hydrogen (secondary N) is 3. The van der Waals surface area contributed by atoms with Crippen LogP contribution in [0.1, 0.15) is 34.8 Å². The number of hydrogen-bond donors (Lipinski definition) is 5. The third-order valence-electron chi connectivity index (χ3n) is 7.62. The molecule has 11 heteroatoms. The van der Waals surface area contributed by atoms with Crippen LogP contribution >= 0.6 is 34.5 Å². The molecule has 1 spiro atoms. The van der Waals surface area contributed by atoms with E-state index >= 15 is 0 Å². The lowest BCUT2D eigenvalue weighted by molar-refractivity contribution is -0.124. The minimum atomic E-state index is -1.34. The number of rotatable bonds is 9. The molecule has 0 saturated carbocycles. The molecule has 0 radical (unpaired) electrons. The molecule has 1 aromatic heterocycles. The number of anilines is 1. The Kier molecular flexibility index (Phi) is 8.28. The third kappa shape index (κ3) is 5.19. The van der Waals surface area contributed by atoms with Crippen LogP contribution in [-0.2, 0) is 21.4 Å². The highest BCUT2D eigenvalue weighted by Gasteiger charge is 2.65. The molecule has 39 heavy (non-hydrogen) atoms. The van der Waals surface area contributed by atoms with Gasteiger partial charge >= 0.3 is 0 Å². The average molecular weight is 593 g/mol. The third-order valence-corrected chi connectivity index (χ3v) is 9.08. The zero-order valence-electron chi connectivity index (χ0n) is 20.8. The first kappa shape index (κ1) is 28.0. The summed E-state index contributed by atoms with van der Waals surface area (Å²) in [6, 6.07) is 12.3. The van der Waals surface area contributed by atoms with Gasteiger partial charge in [0.2, 0.25) is 11.8 Å². The summed E-state index contributed by atoms with van der Waals surface area (Å²) >= 11 is 14.1. The van der Waals surface area contributed by atoms with Crippen LogP contribution in [0.4, 0.5) is 10.1 Å². The highest BCUT2D eigenvalue weighted by Crippen LogP contribution is 2.56. The number of carbonyl (C=O) groups excluding carboxylic acids is 2. The van der Waals surface area contributed by atoms with Crippen LogP contribution in [0.25, 0.3) is 0 Å². The molecule has 2 aliphatic rings. The van der Waals surface area contributed by atoms with Gasteiger partial charge in [0.05, 0.1) is 23.8 Å². The largest absolute Gasteiger partial charge is 0.394 e. The van der Waals surface area contributed by atoms with E-state index in [1.807, 2.05) is 23.6 Å². The van der Waals surface area contributed by atoms with E-state index in [0.29, 0.717) is 34.7 Å². The van der Waals surface area contributed by atoms with Crippen molar-refractivity contribution in [1.29, 1.82) is 0 Å². The number of thiophene rings is 1. The van der Waals surface area contributed by atoms with Crippen molar-refractivity contribution < 1.29 is 24.2 Å². The van der Waals surface area contributed by atoms with E-state index in [2.05, 4.69) is 16.0 Å². The Bertz CT molecular complexity index is 1370. The van der Waals surface area contributed by atoms with E-state index < -0.39 is 41.9 Å². The summed E-state index contributed by atoms with van der Waals surface area (Å²) in [6.45, 7) is -0.289. The predicted molar refractivity (Wildman–Crippen MR) is 150 cm³/mol. The van der Waals surface area contributed by atoms with Gasteiger partial charge in [-0.15, -0.1) is 11.3 Å². The molecule has 5 atom stereocenters. The van der Waals surface area contributed by atoms with Gasteiger partial charge in [-0.2, -0.15) is 0 Å². The average Bonchev–Trinajstić information content (AvgIpc) is 3.61. The quantitative estimate of drug-likeness (QED) is 0.258. The summed E-state index contributed by atoms with van der Waals surface area (Å²) in [6.07, 6.45) is 0.351. The Morgan fingerprint density at radius 1 is 1.21 bits per heavy atom. The van der Waals surface area contributed by atoms with Crippen LogP contribution in [0.3, 0.4) is 0 Å². The number of aryl methyl sites for hydroxylation is 1.